The molecule has 1 aliphatic heterocycles. The number of carbonyl (C=O) groups excluding carboxylic acids is 1. The minimum absolute atomic E-state index is 0.00165. The Labute approximate surface area is 135 Å². The predicted molar refractivity (Wildman–Crippen MR) is 90.5 cm³/mol. The number of amides is 2. The first kappa shape index (κ1) is 15.0. The third-order valence-electron chi connectivity index (χ3n) is 4.22. The number of hydrogen-bond acceptors (Lipinski definition) is 1. The first-order valence-electron chi connectivity index (χ1n) is 7.59. The predicted octanol–water partition coefficient (Wildman–Crippen LogP) is 3.90. The van der Waals surface area contributed by atoms with Gasteiger partial charge in [-0.3, -0.25) is 0 Å². The summed E-state index contributed by atoms with van der Waals surface area (Å²) < 4.78 is 0. The summed E-state index contributed by atoms with van der Waals surface area (Å²) in [6.45, 7) is 5.69. The third-order valence-corrected chi connectivity index (χ3v) is 4.46. The zero-order valence-electron chi connectivity index (χ0n) is 12.4. The summed E-state index contributed by atoms with van der Waals surface area (Å²) in [5, 5.41) is 4.73. The van der Waals surface area contributed by atoms with Crippen molar-refractivity contribution < 1.29 is 4.79 Å². The Morgan fingerprint density at radius 3 is 2.91 bits per heavy atom. The fourth-order valence-corrected chi connectivity index (χ4v) is 3.19. The van der Waals surface area contributed by atoms with Crippen molar-refractivity contribution in [2.75, 3.05) is 19.6 Å². The fraction of sp³-hybridized carbons (Fsp3) is 0.353. The summed E-state index contributed by atoms with van der Waals surface area (Å²) in [5.41, 5.74) is 2.36. The van der Waals surface area contributed by atoms with Crippen LogP contribution in [0.4, 0.5) is 4.79 Å². The summed E-state index contributed by atoms with van der Waals surface area (Å²) in [6, 6.07) is 8.07. The van der Waals surface area contributed by atoms with Crippen molar-refractivity contribution in [2.24, 2.45) is 0 Å². The lowest BCUT2D eigenvalue weighted by Crippen LogP contribution is -2.44. The quantitative estimate of drug-likeness (QED) is 0.829. The van der Waals surface area contributed by atoms with E-state index >= 15 is 0 Å². The number of piperidine rings is 1. The molecule has 0 atom stereocenters. The number of benzene rings is 1. The molecule has 2 N–H and O–H groups in total. The van der Waals surface area contributed by atoms with Gasteiger partial charge in [-0.2, -0.15) is 0 Å². The van der Waals surface area contributed by atoms with Crippen LogP contribution in [0.2, 0.25) is 5.02 Å². The molecule has 0 aliphatic carbocycles. The van der Waals surface area contributed by atoms with Crippen molar-refractivity contribution in [1.29, 1.82) is 0 Å². The molecule has 0 radical (unpaired) electrons. The highest BCUT2D eigenvalue weighted by Crippen LogP contribution is 2.30. The second-order valence-corrected chi connectivity index (χ2v) is 6.13. The van der Waals surface area contributed by atoms with E-state index in [1.54, 1.807) is 6.08 Å². The Morgan fingerprint density at radius 1 is 1.41 bits per heavy atom. The molecule has 116 valence electrons. The van der Waals surface area contributed by atoms with Crippen molar-refractivity contribution in [1.82, 2.24) is 15.2 Å². The van der Waals surface area contributed by atoms with Crippen LogP contribution >= 0.6 is 11.6 Å². The largest absolute Gasteiger partial charge is 0.358 e. The lowest BCUT2D eigenvalue weighted by molar-refractivity contribution is 0.182. The molecule has 2 amide bonds. The van der Waals surface area contributed by atoms with Crippen LogP contribution in [0.3, 0.4) is 0 Å². The van der Waals surface area contributed by atoms with E-state index in [9.17, 15) is 4.79 Å². The Bertz CT molecular complexity index is 686. The number of rotatable bonds is 3. The highest BCUT2D eigenvalue weighted by atomic mass is 35.5. The van der Waals surface area contributed by atoms with Gasteiger partial charge in [0.15, 0.2) is 0 Å². The van der Waals surface area contributed by atoms with Gasteiger partial charge in [0, 0.05) is 47.2 Å². The van der Waals surface area contributed by atoms with E-state index in [0.717, 1.165) is 41.9 Å². The van der Waals surface area contributed by atoms with E-state index in [0.29, 0.717) is 12.5 Å². The monoisotopic (exact) mass is 317 g/mol. The van der Waals surface area contributed by atoms with Crippen molar-refractivity contribution in [2.45, 2.75) is 18.8 Å². The van der Waals surface area contributed by atoms with E-state index in [1.807, 2.05) is 23.1 Å². The zero-order chi connectivity index (χ0) is 15.5. The molecular formula is C17H20ClN3O. The van der Waals surface area contributed by atoms with Gasteiger partial charge in [-0.25, -0.2) is 4.79 Å². The van der Waals surface area contributed by atoms with Crippen LogP contribution in [0, 0.1) is 0 Å². The number of hydrogen-bond donors (Lipinski definition) is 2. The van der Waals surface area contributed by atoms with Gasteiger partial charge in [0.1, 0.15) is 0 Å². The standard InChI is InChI=1S/C17H20ClN3O/c1-2-7-19-17(22)21-8-5-12(6-9-21)16-11-13-10-14(18)3-4-15(13)20-16/h2-4,10-12,20H,1,5-9H2,(H,19,22). The molecular weight excluding hydrogens is 298 g/mol. The molecule has 2 aromatic rings. The molecule has 1 fully saturated rings. The Kier molecular flexibility index (Phi) is 4.39. The molecule has 1 saturated heterocycles. The molecule has 0 unspecified atom stereocenters. The highest BCUT2D eigenvalue weighted by Gasteiger charge is 2.24. The van der Waals surface area contributed by atoms with Crippen LogP contribution in [0.5, 0.6) is 0 Å². The number of likely N-dealkylation sites (tertiary alicyclic amines) is 1. The van der Waals surface area contributed by atoms with Crippen LogP contribution < -0.4 is 5.32 Å². The Balaban J connectivity index is 1.65. The number of halogens is 1. The van der Waals surface area contributed by atoms with Crippen LogP contribution in [0.25, 0.3) is 10.9 Å². The first-order chi connectivity index (χ1) is 10.7. The molecule has 3 rings (SSSR count). The molecule has 0 bridgehead atoms. The van der Waals surface area contributed by atoms with E-state index in [-0.39, 0.29) is 6.03 Å². The Hall–Kier alpha value is -1.94. The molecule has 5 heteroatoms. The van der Waals surface area contributed by atoms with Crippen molar-refractivity contribution in [3.63, 3.8) is 0 Å². The number of nitrogens with zero attached hydrogens (tertiary/aromatic N) is 1. The first-order valence-corrected chi connectivity index (χ1v) is 7.97. The average Bonchev–Trinajstić information content (AvgIpc) is 2.95. The van der Waals surface area contributed by atoms with E-state index in [1.165, 1.54) is 5.69 Å². The van der Waals surface area contributed by atoms with Gasteiger partial charge >= 0.3 is 6.03 Å². The number of urea groups is 1. The van der Waals surface area contributed by atoms with Gasteiger partial charge in [-0.15, -0.1) is 6.58 Å². The van der Waals surface area contributed by atoms with Gasteiger partial charge in [-0.1, -0.05) is 17.7 Å². The van der Waals surface area contributed by atoms with Gasteiger partial charge in [0.05, 0.1) is 0 Å². The van der Waals surface area contributed by atoms with Gasteiger partial charge < -0.3 is 15.2 Å². The molecule has 2 heterocycles. The number of fused-ring (bicyclic) bond motifs is 1. The maximum absolute atomic E-state index is 11.9. The molecule has 1 aliphatic rings. The van der Waals surface area contributed by atoms with Crippen molar-refractivity contribution in [3.8, 4) is 0 Å². The fourth-order valence-electron chi connectivity index (χ4n) is 3.01. The lowest BCUT2D eigenvalue weighted by atomic mass is 9.94. The summed E-state index contributed by atoms with van der Waals surface area (Å²) in [4.78, 5) is 17.3. The van der Waals surface area contributed by atoms with E-state index < -0.39 is 0 Å². The minimum atomic E-state index is 0.00165. The van der Waals surface area contributed by atoms with Crippen LogP contribution in [0.1, 0.15) is 24.5 Å². The van der Waals surface area contributed by atoms with E-state index in [2.05, 4.69) is 22.9 Å². The molecule has 0 spiro atoms. The summed E-state index contributed by atoms with van der Waals surface area (Å²) in [5.74, 6) is 0.467. The Morgan fingerprint density at radius 2 is 2.18 bits per heavy atom. The second kappa shape index (κ2) is 6.44. The lowest BCUT2D eigenvalue weighted by Gasteiger charge is -2.31. The molecule has 1 aromatic carbocycles. The normalized spacial score (nSPS) is 16.0. The summed E-state index contributed by atoms with van der Waals surface area (Å²) >= 11 is 6.04. The minimum Gasteiger partial charge on any atom is -0.358 e. The molecule has 0 saturated carbocycles. The van der Waals surface area contributed by atoms with Crippen LogP contribution in [0.15, 0.2) is 36.9 Å². The summed E-state index contributed by atoms with van der Waals surface area (Å²) in [7, 11) is 0. The molecule has 22 heavy (non-hydrogen) atoms. The van der Waals surface area contributed by atoms with Gasteiger partial charge in [0.2, 0.25) is 0 Å². The van der Waals surface area contributed by atoms with Crippen LogP contribution in [-0.4, -0.2) is 35.5 Å². The number of aromatic nitrogens is 1. The van der Waals surface area contributed by atoms with Gasteiger partial charge in [0.25, 0.3) is 0 Å². The number of H-pyrrole nitrogens is 1. The van der Waals surface area contributed by atoms with E-state index in [4.69, 9.17) is 11.6 Å². The van der Waals surface area contributed by atoms with Crippen LogP contribution in [-0.2, 0) is 0 Å². The van der Waals surface area contributed by atoms with Crippen molar-refractivity contribution in [3.05, 3.63) is 47.6 Å². The number of aromatic amines is 1. The highest BCUT2D eigenvalue weighted by molar-refractivity contribution is 6.31. The molecule has 4 nitrogen and oxygen atoms in total. The second-order valence-electron chi connectivity index (χ2n) is 5.69. The SMILES string of the molecule is C=CCNC(=O)N1CCC(c2cc3cc(Cl)ccc3[nH]2)CC1. The smallest absolute Gasteiger partial charge is 0.317 e. The number of carbonyl (C=O) groups is 1. The molecule has 1 aromatic heterocycles. The zero-order valence-corrected chi connectivity index (χ0v) is 13.2. The maximum Gasteiger partial charge on any atom is 0.317 e. The topological polar surface area (TPSA) is 48.1 Å². The maximum atomic E-state index is 11.9. The van der Waals surface area contributed by atoms with Crippen molar-refractivity contribution >= 4 is 28.5 Å². The number of nitrogens with one attached hydrogen (secondary N) is 2. The summed E-state index contributed by atoms with van der Waals surface area (Å²) in [6.07, 6.45) is 3.64. The third kappa shape index (κ3) is 3.12. The average molecular weight is 318 g/mol. The van der Waals surface area contributed by atoms with Gasteiger partial charge in [-0.05, 0) is 37.1 Å².